The van der Waals surface area contributed by atoms with Gasteiger partial charge in [0, 0.05) is 13.1 Å². The summed E-state index contributed by atoms with van der Waals surface area (Å²) >= 11 is 0. The van der Waals surface area contributed by atoms with Gasteiger partial charge in [-0.1, -0.05) is 24.3 Å². The lowest BCUT2D eigenvalue weighted by Gasteiger charge is -2.26. The highest BCUT2D eigenvalue weighted by Gasteiger charge is 2.27. The van der Waals surface area contributed by atoms with Crippen molar-refractivity contribution in [1.82, 2.24) is 4.31 Å². The molecular formula is C18H21NO5S. The highest BCUT2D eigenvalue weighted by Crippen LogP contribution is 2.28. The number of carboxylic acids is 1. The molecule has 0 unspecified atom stereocenters. The molecule has 0 aliphatic rings. The molecule has 1 N–H and O–H groups in total. The van der Waals surface area contributed by atoms with Crippen LogP contribution < -0.4 is 4.74 Å². The van der Waals surface area contributed by atoms with Crippen molar-refractivity contribution in [3.8, 4) is 5.75 Å². The summed E-state index contributed by atoms with van der Waals surface area (Å²) in [7, 11) is -2.15. The summed E-state index contributed by atoms with van der Waals surface area (Å²) in [5.74, 6) is -0.792. The maximum absolute atomic E-state index is 12.8. The molecule has 0 saturated carbocycles. The van der Waals surface area contributed by atoms with Gasteiger partial charge in [0.2, 0.25) is 10.0 Å². The maximum Gasteiger partial charge on any atom is 0.341 e. The van der Waals surface area contributed by atoms with Gasteiger partial charge >= 0.3 is 5.97 Å². The molecule has 134 valence electrons. The van der Waals surface area contributed by atoms with Crippen molar-refractivity contribution in [2.24, 2.45) is 0 Å². The lowest BCUT2D eigenvalue weighted by molar-refractivity contribution is -0.139. The monoisotopic (exact) mass is 363 g/mol. The van der Waals surface area contributed by atoms with Crippen LogP contribution in [0.2, 0.25) is 0 Å². The van der Waals surface area contributed by atoms with E-state index in [0.717, 1.165) is 11.1 Å². The first-order chi connectivity index (χ1) is 11.7. The van der Waals surface area contributed by atoms with Gasteiger partial charge < -0.3 is 9.84 Å². The van der Waals surface area contributed by atoms with Gasteiger partial charge in [0.15, 0.2) is 6.61 Å². The maximum atomic E-state index is 12.8. The second kappa shape index (κ2) is 7.67. The number of aryl methyl sites for hydroxylation is 1. The third-order valence-corrected chi connectivity index (χ3v) is 5.99. The molecule has 0 bridgehead atoms. The molecule has 0 aromatic heterocycles. The Hall–Kier alpha value is -2.38. The first-order valence-corrected chi connectivity index (χ1v) is 9.15. The Morgan fingerprint density at radius 1 is 1.16 bits per heavy atom. The van der Waals surface area contributed by atoms with Gasteiger partial charge in [-0.05, 0) is 49.2 Å². The van der Waals surface area contributed by atoms with Crippen LogP contribution in [0.5, 0.6) is 5.75 Å². The van der Waals surface area contributed by atoms with Crippen LogP contribution in [-0.2, 0) is 14.8 Å². The Balaban J connectivity index is 2.22. The van der Waals surface area contributed by atoms with Crippen molar-refractivity contribution in [3.05, 3.63) is 59.7 Å². The molecule has 6 nitrogen and oxygen atoms in total. The average Bonchev–Trinajstić information content (AvgIpc) is 2.59. The van der Waals surface area contributed by atoms with E-state index < -0.39 is 22.6 Å². The number of carboxylic acid groups (broad SMARTS) is 1. The fourth-order valence-corrected chi connectivity index (χ4v) is 3.82. The van der Waals surface area contributed by atoms with Gasteiger partial charge in [0.05, 0.1) is 4.90 Å². The average molecular weight is 363 g/mol. The summed E-state index contributed by atoms with van der Waals surface area (Å²) in [6.07, 6.45) is 0. The molecule has 0 spiro atoms. The molecule has 1 atom stereocenters. The zero-order valence-corrected chi connectivity index (χ0v) is 15.2. The number of hydrogen-bond donors (Lipinski definition) is 1. The van der Waals surface area contributed by atoms with Crippen LogP contribution in [-0.4, -0.2) is 37.5 Å². The molecule has 25 heavy (non-hydrogen) atoms. The zero-order chi connectivity index (χ0) is 18.6. The SMILES string of the molecule is Cc1ccccc1[C@@H](C)N(C)S(=O)(=O)c1ccc(OCC(=O)O)cc1. The van der Waals surface area contributed by atoms with Crippen LogP contribution in [0.1, 0.15) is 24.1 Å². The Labute approximate surface area is 147 Å². The summed E-state index contributed by atoms with van der Waals surface area (Å²) < 4.78 is 32.0. The number of nitrogens with zero attached hydrogens (tertiary/aromatic N) is 1. The van der Waals surface area contributed by atoms with Gasteiger partial charge in [-0.25, -0.2) is 13.2 Å². The van der Waals surface area contributed by atoms with Gasteiger partial charge in [-0.2, -0.15) is 4.31 Å². The normalized spacial score (nSPS) is 12.8. The highest BCUT2D eigenvalue weighted by atomic mass is 32.2. The van der Waals surface area contributed by atoms with Crippen LogP contribution in [0.15, 0.2) is 53.4 Å². The molecule has 0 saturated heterocycles. The third kappa shape index (κ3) is 4.37. The minimum atomic E-state index is -3.69. The van der Waals surface area contributed by atoms with Crippen molar-refractivity contribution < 1.29 is 23.1 Å². The minimum Gasteiger partial charge on any atom is -0.482 e. The molecule has 0 amide bonds. The Kier molecular flexibility index (Phi) is 5.81. The third-order valence-electron chi connectivity index (χ3n) is 4.05. The van der Waals surface area contributed by atoms with Crippen LogP contribution in [0, 0.1) is 6.92 Å². The highest BCUT2D eigenvalue weighted by molar-refractivity contribution is 7.89. The van der Waals surface area contributed by atoms with Gasteiger partial charge in [-0.3, -0.25) is 0 Å². The predicted molar refractivity (Wildman–Crippen MR) is 94.1 cm³/mol. The lowest BCUT2D eigenvalue weighted by Crippen LogP contribution is -2.30. The van der Waals surface area contributed by atoms with Crippen LogP contribution in [0.3, 0.4) is 0 Å². The zero-order valence-electron chi connectivity index (χ0n) is 14.3. The number of aliphatic carboxylic acids is 1. The fourth-order valence-electron chi connectivity index (χ4n) is 2.48. The Bertz CT molecular complexity index is 846. The Morgan fingerprint density at radius 2 is 1.76 bits per heavy atom. The van der Waals surface area contributed by atoms with Crippen molar-refractivity contribution >= 4 is 16.0 Å². The molecule has 2 rings (SSSR count). The quantitative estimate of drug-likeness (QED) is 0.818. The van der Waals surface area contributed by atoms with E-state index in [0.29, 0.717) is 5.75 Å². The van der Waals surface area contributed by atoms with Crippen LogP contribution in [0.25, 0.3) is 0 Å². The fraction of sp³-hybridized carbons (Fsp3) is 0.278. The second-order valence-corrected chi connectivity index (χ2v) is 7.71. The van der Waals surface area contributed by atoms with E-state index in [-0.39, 0.29) is 10.9 Å². The van der Waals surface area contributed by atoms with Gasteiger partial charge in [-0.15, -0.1) is 0 Å². The van der Waals surface area contributed by atoms with Crippen molar-refractivity contribution in [3.63, 3.8) is 0 Å². The molecule has 0 radical (unpaired) electrons. The lowest BCUT2D eigenvalue weighted by atomic mass is 10.0. The second-order valence-electron chi connectivity index (χ2n) is 5.71. The summed E-state index contributed by atoms with van der Waals surface area (Å²) in [6, 6.07) is 13.0. The van der Waals surface area contributed by atoms with Crippen molar-refractivity contribution in [1.29, 1.82) is 0 Å². The van der Waals surface area contributed by atoms with E-state index >= 15 is 0 Å². The topological polar surface area (TPSA) is 83.9 Å². The van der Waals surface area contributed by atoms with E-state index in [9.17, 15) is 13.2 Å². The number of sulfonamides is 1. The van der Waals surface area contributed by atoms with Crippen molar-refractivity contribution in [2.75, 3.05) is 13.7 Å². The van der Waals surface area contributed by atoms with E-state index in [1.807, 2.05) is 38.1 Å². The molecule has 2 aromatic rings. The summed E-state index contributed by atoms with van der Waals surface area (Å²) in [5, 5.41) is 8.60. The van der Waals surface area contributed by atoms with E-state index in [1.54, 1.807) is 7.05 Å². The van der Waals surface area contributed by atoms with E-state index in [1.165, 1.54) is 28.6 Å². The molecule has 7 heteroatoms. The van der Waals surface area contributed by atoms with Gasteiger partial charge in [0.25, 0.3) is 0 Å². The largest absolute Gasteiger partial charge is 0.482 e. The summed E-state index contributed by atoms with van der Waals surface area (Å²) in [6.45, 7) is 3.31. The number of carbonyl (C=O) groups is 1. The first kappa shape index (κ1) is 19.0. The number of benzene rings is 2. The number of hydrogen-bond acceptors (Lipinski definition) is 4. The van der Waals surface area contributed by atoms with E-state index in [2.05, 4.69) is 0 Å². The number of ether oxygens (including phenoxy) is 1. The van der Waals surface area contributed by atoms with Crippen LogP contribution in [0.4, 0.5) is 0 Å². The van der Waals surface area contributed by atoms with E-state index in [4.69, 9.17) is 9.84 Å². The predicted octanol–water partition coefficient (Wildman–Crippen LogP) is 2.84. The first-order valence-electron chi connectivity index (χ1n) is 7.71. The molecule has 0 heterocycles. The summed E-state index contributed by atoms with van der Waals surface area (Å²) in [5.41, 5.74) is 1.96. The van der Waals surface area contributed by atoms with Gasteiger partial charge in [0.1, 0.15) is 5.75 Å². The van der Waals surface area contributed by atoms with Crippen LogP contribution >= 0.6 is 0 Å². The minimum absolute atomic E-state index is 0.123. The Morgan fingerprint density at radius 3 is 2.32 bits per heavy atom. The number of rotatable bonds is 7. The standard InChI is InChI=1S/C18H21NO5S/c1-13-6-4-5-7-17(13)14(2)19(3)25(22,23)16-10-8-15(9-11-16)24-12-18(20)21/h4-11,14H,12H2,1-3H3,(H,20,21)/t14-/m1/s1. The molecular weight excluding hydrogens is 342 g/mol. The molecule has 0 fully saturated rings. The van der Waals surface area contributed by atoms with Crippen molar-refractivity contribution in [2.45, 2.75) is 24.8 Å². The molecule has 0 aliphatic carbocycles. The molecule has 0 aliphatic heterocycles. The molecule has 2 aromatic carbocycles. The summed E-state index contributed by atoms with van der Waals surface area (Å²) in [4.78, 5) is 10.6. The smallest absolute Gasteiger partial charge is 0.341 e.